The summed E-state index contributed by atoms with van der Waals surface area (Å²) in [6, 6.07) is 12.1. The first-order valence-electron chi connectivity index (χ1n) is 9.64. The molecule has 0 radical (unpaired) electrons. The van der Waals surface area contributed by atoms with E-state index < -0.39 is 26.0 Å². The predicted octanol–water partition coefficient (Wildman–Crippen LogP) is 2.92. The molecule has 2 aromatic carbocycles. The minimum absolute atomic E-state index is 0.118. The SMILES string of the molecule is C=CCN(c1ccc(C(=O)Nc2ccc(S(=O)(=O)N(CC)CC)cc2)cc1)S(C)(=O)=O. The highest BCUT2D eigenvalue weighted by molar-refractivity contribution is 7.92. The molecule has 168 valence electrons. The average molecular weight is 466 g/mol. The lowest BCUT2D eigenvalue weighted by Crippen LogP contribution is -2.30. The highest BCUT2D eigenvalue weighted by atomic mass is 32.2. The molecule has 0 aromatic heterocycles. The van der Waals surface area contributed by atoms with Crippen molar-refractivity contribution in [2.45, 2.75) is 18.7 Å². The summed E-state index contributed by atoms with van der Waals surface area (Å²) in [6.45, 7) is 7.97. The fourth-order valence-electron chi connectivity index (χ4n) is 2.95. The maximum Gasteiger partial charge on any atom is 0.255 e. The first-order valence-corrected chi connectivity index (χ1v) is 12.9. The van der Waals surface area contributed by atoms with Gasteiger partial charge in [0, 0.05) is 24.3 Å². The Morgan fingerprint density at radius 2 is 1.52 bits per heavy atom. The second-order valence-electron chi connectivity index (χ2n) is 6.70. The van der Waals surface area contributed by atoms with Crippen LogP contribution in [0.25, 0.3) is 0 Å². The van der Waals surface area contributed by atoms with Gasteiger partial charge in [-0.1, -0.05) is 19.9 Å². The van der Waals surface area contributed by atoms with Gasteiger partial charge in [0.25, 0.3) is 5.91 Å². The van der Waals surface area contributed by atoms with Crippen molar-refractivity contribution in [3.05, 3.63) is 66.7 Å². The van der Waals surface area contributed by atoms with Crippen LogP contribution >= 0.6 is 0 Å². The van der Waals surface area contributed by atoms with E-state index in [1.807, 2.05) is 0 Å². The molecule has 0 saturated carbocycles. The summed E-state index contributed by atoms with van der Waals surface area (Å²) >= 11 is 0. The number of amides is 1. The molecule has 0 aliphatic heterocycles. The molecule has 1 N–H and O–H groups in total. The van der Waals surface area contributed by atoms with Crippen LogP contribution in [0, 0.1) is 0 Å². The maximum atomic E-state index is 12.5. The zero-order valence-electron chi connectivity index (χ0n) is 17.8. The highest BCUT2D eigenvalue weighted by Gasteiger charge is 2.21. The molecule has 8 nitrogen and oxygen atoms in total. The van der Waals surface area contributed by atoms with Crippen LogP contribution in [0.1, 0.15) is 24.2 Å². The summed E-state index contributed by atoms with van der Waals surface area (Å²) < 4.78 is 51.4. The van der Waals surface area contributed by atoms with Gasteiger partial charge in [-0.3, -0.25) is 9.10 Å². The Bertz CT molecular complexity index is 1120. The highest BCUT2D eigenvalue weighted by Crippen LogP contribution is 2.21. The van der Waals surface area contributed by atoms with E-state index in [1.54, 1.807) is 26.0 Å². The molecule has 0 aliphatic carbocycles. The van der Waals surface area contributed by atoms with Crippen LogP contribution in [0.15, 0.2) is 66.1 Å². The van der Waals surface area contributed by atoms with Gasteiger partial charge in [-0.15, -0.1) is 6.58 Å². The molecule has 31 heavy (non-hydrogen) atoms. The lowest BCUT2D eigenvalue weighted by molar-refractivity contribution is 0.102. The Balaban J connectivity index is 2.16. The second kappa shape index (κ2) is 10.1. The van der Waals surface area contributed by atoms with Crippen molar-refractivity contribution in [3.8, 4) is 0 Å². The molecule has 0 heterocycles. The number of nitrogens with zero attached hydrogens (tertiary/aromatic N) is 2. The Morgan fingerprint density at radius 1 is 0.968 bits per heavy atom. The Kier molecular flexibility index (Phi) is 7.99. The first-order chi connectivity index (χ1) is 14.5. The molecule has 2 aromatic rings. The quantitative estimate of drug-likeness (QED) is 0.544. The zero-order chi connectivity index (χ0) is 23.2. The van der Waals surface area contributed by atoms with Crippen molar-refractivity contribution in [2.75, 3.05) is 35.5 Å². The van der Waals surface area contributed by atoms with Crippen LogP contribution in [-0.2, 0) is 20.0 Å². The molecule has 0 atom stereocenters. The standard InChI is InChI=1S/C21H27N3O5S2/c1-5-16-24(30(4,26)27)19-12-8-17(9-13-19)21(25)22-18-10-14-20(15-11-18)31(28,29)23(6-2)7-3/h5,8-15H,1,6-7,16H2,2-4H3,(H,22,25). The van der Waals surface area contributed by atoms with Gasteiger partial charge in [-0.25, -0.2) is 16.8 Å². The van der Waals surface area contributed by atoms with Crippen LogP contribution in [0.3, 0.4) is 0 Å². The van der Waals surface area contributed by atoms with E-state index in [0.29, 0.717) is 30.0 Å². The first kappa shape index (κ1) is 24.6. The van der Waals surface area contributed by atoms with E-state index in [0.717, 1.165) is 6.26 Å². The van der Waals surface area contributed by atoms with Gasteiger partial charge in [-0.05, 0) is 48.5 Å². The smallest absolute Gasteiger partial charge is 0.255 e. The van der Waals surface area contributed by atoms with Crippen molar-refractivity contribution >= 4 is 37.3 Å². The molecule has 1 amide bonds. The molecular weight excluding hydrogens is 438 g/mol. The normalized spacial score (nSPS) is 11.9. The number of benzene rings is 2. The summed E-state index contributed by atoms with van der Waals surface area (Å²) in [4.78, 5) is 12.7. The molecule has 0 unspecified atom stereocenters. The number of hydrogen-bond donors (Lipinski definition) is 1. The van der Waals surface area contributed by atoms with E-state index in [-0.39, 0.29) is 11.4 Å². The van der Waals surface area contributed by atoms with Crippen molar-refractivity contribution in [1.29, 1.82) is 0 Å². The van der Waals surface area contributed by atoms with Gasteiger partial charge >= 0.3 is 0 Å². The summed E-state index contributed by atoms with van der Waals surface area (Å²) in [5.74, 6) is -0.402. The van der Waals surface area contributed by atoms with Crippen LogP contribution in [0.4, 0.5) is 11.4 Å². The molecule has 0 spiro atoms. The topological polar surface area (TPSA) is 104 Å². The van der Waals surface area contributed by atoms with E-state index in [1.165, 1.54) is 51.1 Å². The molecule has 0 aliphatic rings. The van der Waals surface area contributed by atoms with Gasteiger partial charge in [0.15, 0.2) is 0 Å². The minimum Gasteiger partial charge on any atom is -0.322 e. The predicted molar refractivity (Wildman–Crippen MR) is 123 cm³/mol. The molecule has 0 saturated heterocycles. The van der Waals surface area contributed by atoms with Crippen molar-refractivity contribution in [2.24, 2.45) is 0 Å². The lowest BCUT2D eigenvalue weighted by Gasteiger charge is -2.20. The summed E-state index contributed by atoms with van der Waals surface area (Å²) in [5.41, 5.74) is 1.19. The van der Waals surface area contributed by atoms with Crippen LogP contribution in [0.2, 0.25) is 0 Å². The summed E-state index contributed by atoms with van der Waals surface area (Å²) in [6.07, 6.45) is 2.58. The Hall–Kier alpha value is -2.69. The fraction of sp³-hybridized carbons (Fsp3) is 0.286. The van der Waals surface area contributed by atoms with Gasteiger partial charge in [-0.2, -0.15) is 4.31 Å². The Morgan fingerprint density at radius 3 is 1.97 bits per heavy atom. The Labute approximate surface area is 184 Å². The van der Waals surface area contributed by atoms with Gasteiger partial charge in [0.1, 0.15) is 0 Å². The number of sulfonamides is 2. The number of carbonyl (C=O) groups is 1. The molecular formula is C21H27N3O5S2. The van der Waals surface area contributed by atoms with Crippen LogP contribution in [0.5, 0.6) is 0 Å². The summed E-state index contributed by atoms with van der Waals surface area (Å²) in [5, 5.41) is 2.70. The fourth-order valence-corrected chi connectivity index (χ4v) is 5.29. The van der Waals surface area contributed by atoms with Crippen molar-refractivity contribution in [1.82, 2.24) is 4.31 Å². The largest absolute Gasteiger partial charge is 0.322 e. The van der Waals surface area contributed by atoms with Crippen molar-refractivity contribution < 1.29 is 21.6 Å². The third kappa shape index (κ3) is 5.93. The van der Waals surface area contributed by atoms with E-state index in [2.05, 4.69) is 11.9 Å². The average Bonchev–Trinajstić information content (AvgIpc) is 2.72. The molecule has 10 heteroatoms. The van der Waals surface area contributed by atoms with Crippen LogP contribution in [-0.4, -0.2) is 52.9 Å². The van der Waals surface area contributed by atoms with Crippen LogP contribution < -0.4 is 9.62 Å². The number of anilines is 2. The minimum atomic E-state index is -3.57. The lowest BCUT2D eigenvalue weighted by atomic mass is 10.2. The molecule has 2 rings (SSSR count). The third-order valence-corrected chi connectivity index (χ3v) is 7.79. The number of carbonyl (C=O) groups excluding carboxylic acids is 1. The van der Waals surface area contributed by atoms with E-state index >= 15 is 0 Å². The van der Waals surface area contributed by atoms with E-state index in [9.17, 15) is 21.6 Å². The van der Waals surface area contributed by atoms with Gasteiger partial charge in [0.2, 0.25) is 20.0 Å². The maximum absolute atomic E-state index is 12.5. The second-order valence-corrected chi connectivity index (χ2v) is 10.5. The van der Waals surface area contributed by atoms with Gasteiger partial charge in [0.05, 0.1) is 23.4 Å². The zero-order valence-corrected chi connectivity index (χ0v) is 19.4. The van der Waals surface area contributed by atoms with E-state index in [4.69, 9.17) is 0 Å². The number of hydrogen-bond acceptors (Lipinski definition) is 5. The monoisotopic (exact) mass is 465 g/mol. The van der Waals surface area contributed by atoms with Gasteiger partial charge < -0.3 is 5.32 Å². The molecule has 0 fully saturated rings. The third-order valence-electron chi connectivity index (χ3n) is 4.57. The number of nitrogens with one attached hydrogen (secondary N) is 1. The summed E-state index contributed by atoms with van der Waals surface area (Å²) in [7, 11) is -7.05. The number of rotatable bonds is 10. The molecule has 0 bridgehead atoms. The van der Waals surface area contributed by atoms with Crippen molar-refractivity contribution in [3.63, 3.8) is 0 Å².